The van der Waals surface area contributed by atoms with Gasteiger partial charge < -0.3 is 14.1 Å². The van der Waals surface area contributed by atoms with E-state index in [-0.39, 0.29) is 12.2 Å². The van der Waals surface area contributed by atoms with Crippen molar-refractivity contribution in [1.82, 2.24) is 0 Å². The zero-order valence-corrected chi connectivity index (χ0v) is 16.0. The van der Waals surface area contributed by atoms with Crippen LogP contribution in [0, 0.1) is 0 Å². The molecule has 1 aromatic heterocycles. The summed E-state index contributed by atoms with van der Waals surface area (Å²) in [6.45, 7) is 1.52. The number of para-hydroxylation sites is 1. The molecule has 0 spiro atoms. The fourth-order valence-corrected chi connectivity index (χ4v) is 3.34. The average Bonchev–Trinajstić information content (AvgIpc) is 2.65. The highest BCUT2D eigenvalue weighted by atomic mass is 16.5. The molecule has 1 unspecified atom stereocenters. The van der Waals surface area contributed by atoms with Gasteiger partial charge in [0.25, 0.3) is 0 Å². The standard InChI is InChI=1S/C22H23NO4/c1-14(24)13-18(15-9-11-16(12-10-15)23(2)3)20-21(26-4)17-7-5-6-8-19(17)27-22(20)25/h5-12,18H,13H2,1-4H3. The average molecular weight is 365 g/mol. The van der Waals surface area contributed by atoms with Gasteiger partial charge in [-0.1, -0.05) is 24.3 Å². The van der Waals surface area contributed by atoms with Gasteiger partial charge in [0.05, 0.1) is 18.1 Å². The number of Topliss-reactive ketones (excluding diaryl/α,β-unsaturated/α-hetero) is 1. The topological polar surface area (TPSA) is 59.8 Å². The minimum Gasteiger partial charge on any atom is -0.495 e. The first-order valence-electron chi connectivity index (χ1n) is 8.78. The summed E-state index contributed by atoms with van der Waals surface area (Å²) in [5.74, 6) is 0.0191. The van der Waals surface area contributed by atoms with Crippen LogP contribution < -0.4 is 15.3 Å². The molecule has 0 fully saturated rings. The maximum absolute atomic E-state index is 12.8. The molecule has 0 aliphatic heterocycles. The summed E-state index contributed by atoms with van der Waals surface area (Å²) in [5.41, 5.74) is 2.28. The first-order valence-corrected chi connectivity index (χ1v) is 8.78. The first kappa shape index (κ1) is 18.7. The predicted octanol–water partition coefficient (Wildman–Crippen LogP) is 3.98. The van der Waals surface area contributed by atoms with Gasteiger partial charge in [-0.3, -0.25) is 4.79 Å². The van der Waals surface area contributed by atoms with Gasteiger partial charge in [0.2, 0.25) is 0 Å². The second-order valence-corrected chi connectivity index (χ2v) is 6.78. The summed E-state index contributed by atoms with van der Waals surface area (Å²) < 4.78 is 11.1. The van der Waals surface area contributed by atoms with Gasteiger partial charge in [0, 0.05) is 32.1 Å². The van der Waals surface area contributed by atoms with Crippen LogP contribution in [0.25, 0.3) is 11.0 Å². The number of benzene rings is 2. The van der Waals surface area contributed by atoms with Gasteiger partial charge in [-0.15, -0.1) is 0 Å². The summed E-state index contributed by atoms with van der Waals surface area (Å²) in [7, 11) is 5.46. The molecule has 3 aromatic rings. The van der Waals surface area contributed by atoms with E-state index in [0.717, 1.165) is 11.3 Å². The molecule has 0 saturated carbocycles. The molecule has 0 amide bonds. The monoisotopic (exact) mass is 365 g/mol. The van der Waals surface area contributed by atoms with Gasteiger partial charge in [-0.2, -0.15) is 0 Å². The Morgan fingerprint density at radius 1 is 1.11 bits per heavy atom. The Balaban J connectivity index is 2.22. The van der Waals surface area contributed by atoms with E-state index in [1.165, 1.54) is 14.0 Å². The fourth-order valence-electron chi connectivity index (χ4n) is 3.34. The van der Waals surface area contributed by atoms with Crippen molar-refractivity contribution in [3.05, 3.63) is 70.1 Å². The summed E-state index contributed by atoms with van der Waals surface area (Å²) in [4.78, 5) is 26.8. The van der Waals surface area contributed by atoms with Crippen LogP contribution >= 0.6 is 0 Å². The summed E-state index contributed by atoms with van der Waals surface area (Å²) >= 11 is 0. The van der Waals surface area contributed by atoms with Crippen LogP contribution in [0.15, 0.2) is 57.7 Å². The van der Waals surface area contributed by atoms with Crippen molar-refractivity contribution in [1.29, 1.82) is 0 Å². The third-order valence-corrected chi connectivity index (χ3v) is 4.65. The second kappa shape index (κ2) is 7.66. The smallest absolute Gasteiger partial charge is 0.343 e. The van der Waals surface area contributed by atoms with Crippen LogP contribution in [0.3, 0.4) is 0 Å². The van der Waals surface area contributed by atoms with E-state index in [4.69, 9.17) is 9.15 Å². The number of carbonyl (C=O) groups is 1. The predicted molar refractivity (Wildman–Crippen MR) is 107 cm³/mol. The lowest BCUT2D eigenvalue weighted by Crippen LogP contribution is -2.18. The second-order valence-electron chi connectivity index (χ2n) is 6.78. The lowest BCUT2D eigenvalue weighted by atomic mass is 9.87. The van der Waals surface area contributed by atoms with E-state index in [1.54, 1.807) is 12.1 Å². The SMILES string of the molecule is COc1c(C(CC(C)=O)c2ccc(N(C)C)cc2)c(=O)oc2ccccc12. The normalized spacial score (nSPS) is 12.0. The number of fused-ring (bicyclic) bond motifs is 1. The van der Waals surface area contributed by atoms with Gasteiger partial charge in [-0.25, -0.2) is 4.79 Å². The van der Waals surface area contributed by atoms with Crippen molar-refractivity contribution in [2.45, 2.75) is 19.3 Å². The molecule has 0 bridgehead atoms. The Morgan fingerprint density at radius 2 is 1.78 bits per heavy atom. The molecule has 5 nitrogen and oxygen atoms in total. The van der Waals surface area contributed by atoms with E-state index in [0.29, 0.717) is 22.3 Å². The third kappa shape index (κ3) is 3.72. The summed E-state index contributed by atoms with van der Waals surface area (Å²) in [5, 5.41) is 0.716. The van der Waals surface area contributed by atoms with E-state index in [1.807, 2.05) is 55.4 Å². The Kier molecular flexibility index (Phi) is 5.31. The molecule has 140 valence electrons. The molecule has 2 aromatic carbocycles. The molecule has 0 N–H and O–H groups in total. The molecule has 0 radical (unpaired) electrons. The van der Waals surface area contributed by atoms with Crippen molar-refractivity contribution in [3.8, 4) is 5.75 Å². The zero-order chi connectivity index (χ0) is 19.6. The molecule has 0 saturated heterocycles. The number of anilines is 1. The highest BCUT2D eigenvalue weighted by Crippen LogP contribution is 2.37. The van der Waals surface area contributed by atoms with Crippen molar-refractivity contribution in [2.75, 3.05) is 26.1 Å². The Bertz CT molecular complexity index is 1020. The van der Waals surface area contributed by atoms with Crippen LogP contribution in [-0.2, 0) is 4.79 Å². The minimum atomic E-state index is -0.478. The zero-order valence-electron chi connectivity index (χ0n) is 16.0. The molecule has 27 heavy (non-hydrogen) atoms. The largest absolute Gasteiger partial charge is 0.495 e. The third-order valence-electron chi connectivity index (χ3n) is 4.65. The molecule has 3 rings (SSSR count). The summed E-state index contributed by atoms with van der Waals surface area (Å²) in [6, 6.07) is 15.1. The molecule has 0 aliphatic carbocycles. The molecule has 1 atom stereocenters. The number of hydrogen-bond acceptors (Lipinski definition) is 5. The quantitative estimate of drug-likeness (QED) is 0.619. The van der Waals surface area contributed by atoms with Gasteiger partial charge in [0.1, 0.15) is 17.1 Å². The Labute approximate surface area is 158 Å². The number of rotatable bonds is 6. The molecular weight excluding hydrogens is 342 g/mol. The number of carbonyl (C=O) groups excluding carboxylic acids is 1. The Hall–Kier alpha value is -3.08. The maximum atomic E-state index is 12.8. The van der Waals surface area contributed by atoms with Gasteiger partial charge >= 0.3 is 5.63 Å². The van der Waals surface area contributed by atoms with E-state index >= 15 is 0 Å². The van der Waals surface area contributed by atoms with E-state index < -0.39 is 11.5 Å². The Morgan fingerprint density at radius 3 is 2.37 bits per heavy atom. The van der Waals surface area contributed by atoms with E-state index in [2.05, 4.69) is 0 Å². The number of ether oxygens (including phenoxy) is 1. The molecular formula is C22H23NO4. The number of nitrogens with zero attached hydrogens (tertiary/aromatic N) is 1. The van der Waals surface area contributed by atoms with Crippen molar-refractivity contribution < 1.29 is 13.9 Å². The van der Waals surface area contributed by atoms with Crippen LogP contribution in [0.4, 0.5) is 5.69 Å². The number of methoxy groups -OCH3 is 1. The summed E-state index contributed by atoms with van der Waals surface area (Å²) in [6.07, 6.45) is 0.195. The highest BCUT2D eigenvalue weighted by molar-refractivity contribution is 5.85. The molecule has 5 heteroatoms. The highest BCUT2D eigenvalue weighted by Gasteiger charge is 2.26. The van der Waals surface area contributed by atoms with Crippen LogP contribution in [0.1, 0.15) is 30.4 Å². The van der Waals surface area contributed by atoms with Gasteiger partial charge in [-0.05, 0) is 36.8 Å². The maximum Gasteiger partial charge on any atom is 0.343 e. The fraction of sp³-hybridized carbons (Fsp3) is 0.273. The van der Waals surface area contributed by atoms with Crippen LogP contribution in [0.5, 0.6) is 5.75 Å². The lowest BCUT2D eigenvalue weighted by molar-refractivity contribution is -0.117. The first-order chi connectivity index (χ1) is 12.9. The van der Waals surface area contributed by atoms with Crippen molar-refractivity contribution >= 4 is 22.4 Å². The minimum absolute atomic E-state index is 0.00806. The lowest BCUT2D eigenvalue weighted by Gasteiger charge is -2.20. The number of hydrogen-bond donors (Lipinski definition) is 0. The van der Waals surface area contributed by atoms with Crippen molar-refractivity contribution in [3.63, 3.8) is 0 Å². The van der Waals surface area contributed by atoms with Crippen LogP contribution in [0.2, 0.25) is 0 Å². The van der Waals surface area contributed by atoms with Gasteiger partial charge in [0.15, 0.2) is 0 Å². The molecule has 0 aliphatic rings. The van der Waals surface area contributed by atoms with Crippen LogP contribution in [-0.4, -0.2) is 27.0 Å². The molecule has 1 heterocycles. The number of ketones is 1. The van der Waals surface area contributed by atoms with E-state index in [9.17, 15) is 9.59 Å². The van der Waals surface area contributed by atoms with Crippen molar-refractivity contribution in [2.24, 2.45) is 0 Å².